The molecule has 0 bridgehead atoms. The Kier molecular flexibility index (Phi) is 2.89. The topological polar surface area (TPSA) is 34.1 Å². The lowest BCUT2D eigenvalue weighted by molar-refractivity contribution is -0.128. The van der Waals surface area contributed by atoms with E-state index in [1.807, 2.05) is 27.7 Å². The smallest absolute Gasteiger partial charge is 0.139 e. The van der Waals surface area contributed by atoms with Gasteiger partial charge in [0.25, 0.3) is 0 Å². The fourth-order valence-electron chi connectivity index (χ4n) is 1.68. The first-order chi connectivity index (χ1) is 5.95. The minimum Gasteiger partial charge on any atom is -0.299 e. The summed E-state index contributed by atoms with van der Waals surface area (Å²) < 4.78 is 0. The largest absolute Gasteiger partial charge is 0.299 e. The highest BCUT2D eigenvalue weighted by Crippen LogP contribution is 2.42. The van der Waals surface area contributed by atoms with Gasteiger partial charge >= 0.3 is 0 Å². The van der Waals surface area contributed by atoms with E-state index in [2.05, 4.69) is 0 Å². The number of rotatable bonds is 4. The molecule has 0 spiro atoms. The Labute approximate surface area is 79.7 Å². The summed E-state index contributed by atoms with van der Waals surface area (Å²) in [7, 11) is 0. The molecule has 1 rings (SSSR count). The second-order valence-corrected chi connectivity index (χ2v) is 4.56. The Morgan fingerprint density at radius 2 is 1.23 bits per heavy atom. The van der Waals surface area contributed by atoms with Gasteiger partial charge < -0.3 is 0 Å². The number of ketones is 2. The van der Waals surface area contributed by atoms with Crippen molar-refractivity contribution in [2.24, 2.45) is 23.7 Å². The van der Waals surface area contributed by atoms with Crippen LogP contribution in [-0.4, -0.2) is 11.6 Å². The van der Waals surface area contributed by atoms with Gasteiger partial charge in [0.1, 0.15) is 11.6 Å². The van der Waals surface area contributed by atoms with Gasteiger partial charge in [-0.25, -0.2) is 0 Å². The van der Waals surface area contributed by atoms with Gasteiger partial charge in [-0.05, 0) is 6.42 Å². The summed E-state index contributed by atoms with van der Waals surface area (Å²) in [6.45, 7) is 7.60. The molecule has 13 heavy (non-hydrogen) atoms. The molecule has 74 valence electrons. The van der Waals surface area contributed by atoms with Gasteiger partial charge in [0, 0.05) is 23.7 Å². The van der Waals surface area contributed by atoms with E-state index in [-0.39, 0.29) is 35.2 Å². The Balaban J connectivity index is 2.47. The summed E-state index contributed by atoms with van der Waals surface area (Å²) in [5, 5.41) is 0. The molecule has 1 aliphatic carbocycles. The third-order valence-electron chi connectivity index (χ3n) is 2.66. The lowest BCUT2D eigenvalue weighted by atomic mass is 9.99. The molecule has 1 aliphatic rings. The average Bonchev–Trinajstić information content (AvgIpc) is 2.80. The number of carbonyl (C=O) groups excluding carboxylic acids is 2. The van der Waals surface area contributed by atoms with E-state index in [1.165, 1.54) is 0 Å². The molecule has 0 aliphatic heterocycles. The molecule has 0 unspecified atom stereocenters. The summed E-state index contributed by atoms with van der Waals surface area (Å²) >= 11 is 0. The van der Waals surface area contributed by atoms with Crippen LogP contribution in [0.15, 0.2) is 0 Å². The molecule has 0 aromatic carbocycles. The van der Waals surface area contributed by atoms with Crippen molar-refractivity contribution < 1.29 is 9.59 Å². The fraction of sp³-hybridized carbons (Fsp3) is 0.818. The van der Waals surface area contributed by atoms with Crippen LogP contribution in [0.1, 0.15) is 34.1 Å². The standard InChI is InChI=1S/C11H18O2/c1-6(2)10(12)8-5-9(8)11(13)7(3)4/h6-9H,5H2,1-4H3/t8-,9-/m1/s1. The predicted molar refractivity (Wildman–Crippen MR) is 51.3 cm³/mol. The lowest BCUT2D eigenvalue weighted by Crippen LogP contribution is -2.16. The highest BCUT2D eigenvalue weighted by atomic mass is 16.1. The Hall–Kier alpha value is -0.660. The highest BCUT2D eigenvalue weighted by Gasteiger charge is 2.48. The van der Waals surface area contributed by atoms with E-state index < -0.39 is 0 Å². The molecule has 2 heteroatoms. The number of Topliss-reactive ketones (excluding diaryl/α,β-unsaturated/α-hetero) is 2. The first-order valence-electron chi connectivity index (χ1n) is 5.02. The van der Waals surface area contributed by atoms with Gasteiger partial charge in [-0.3, -0.25) is 9.59 Å². The van der Waals surface area contributed by atoms with Crippen molar-refractivity contribution >= 4 is 11.6 Å². The van der Waals surface area contributed by atoms with Gasteiger partial charge in [0.15, 0.2) is 0 Å². The van der Waals surface area contributed by atoms with Gasteiger partial charge in [-0.15, -0.1) is 0 Å². The van der Waals surface area contributed by atoms with Crippen molar-refractivity contribution in [1.82, 2.24) is 0 Å². The maximum absolute atomic E-state index is 11.5. The van der Waals surface area contributed by atoms with E-state index in [9.17, 15) is 9.59 Å². The van der Waals surface area contributed by atoms with Crippen LogP contribution in [0, 0.1) is 23.7 Å². The third-order valence-corrected chi connectivity index (χ3v) is 2.66. The van der Waals surface area contributed by atoms with Crippen LogP contribution < -0.4 is 0 Å². The fourth-order valence-corrected chi connectivity index (χ4v) is 1.68. The van der Waals surface area contributed by atoms with Crippen molar-refractivity contribution in [1.29, 1.82) is 0 Å². The molecule has 1 fully saturated rings. The van der Waals surface area contributed by atoms with E-state index in [4.69, 9.17) is 0 Å². The number of hydrogen-bond donors (Lipinski definition) is 0. The lowest BCUT2D eigenvalue weighted by Gasteiger charge is -2.04. The molecule has 0 heterocycles. The average molecular weight is 182 g/mol. The van der Waals surface area contributed by atoms with Crippen LogP contribution in [-0.2, 0) is 9.59 Å². The summed E-state index contributed by atoms with van der Waals surface area (Å²) in [6.07, 6.45) is 0.800. The molecular formula is C11H18O2. The van der Waals surface area contributed by atoms with Gasteiger partial charge in [0.2, 0.25) is 0 Å². The molecule has 0 radical (unpaired) electrons. The van der Waals surface area contributed by atoms with Crippen LogP contribution >= 0.6 is 0 Å². The molecule has 1 saturated carbocycles. The first-order valence-corrected chi connectivity index (χ1v) is 5.02. The van der Waals surface area contributed by atoms with Crippen LogP contribution in [0.3, 0.4) is 0 Å². The van der Waals surface area contributed by atoms with E-state index >= 15 is 0 Å². The third kappa shape index (κ3) is 2.17. The van der Waals surface area contributed by atoms with E-state index in [1.54, 1.807) is 0 Å². The van der Waals surface area contributed by atoms with E-state index in [0.717, 1.165) is 6.42 Å². The van der Waals surface area contributed by atoms with Crippen LogP contribution in [0.2, 0.25) is 0 Å². The normalized spacial score (nSPS) is 26.6. The number of hydrogen-bond acceptors (Lipinski definition) is 2. The maximum atomic E-state index is 11.5. The molecule has 0 aromatic heterocycles. The van der Waals surface area contributed by atoms with Crippen molar-refractivity contribution in [3.05, 3.63) is 0 Å². The molecular weight excluding hydrogens is 164 g/mol. The molecule has 2 nitrogen and oxygen atoms in total. The quantitative estimate of drug-likeness (QED) is 0.667. The summed E-state index contributed by atoms with van der Waals surface area (Å²) in [5.74, 6) is 0.785. The zero-order valence-corrected chi connectivity index (χ0v) is 8.83. The van der Waals surface area contributed by atoms with Gasteiger partial charge in [-0.1, -0.05) is 27.7 Å². The molecule has 0 amide bonds. The maximum Gasteiger partial charge on any atom is 0.139 e. The highest BCUT2D eigenvalue weighted by molar-refractivity contribution is 5.95. The SMILES string of the molecule is CC(C)C(=O)[C@@H]1C[C@H]1C(=O)C(C)C. The zero-order valence-electron chi connectivity index (χ0n) is 8.83. The van der Waals surface area contributed by atoms with Gasteiger partial charge in [-0.2, -0.15) is 0 Å². The molecule has 0 aromatic rings. The second-order valence-electron chi connectivity index (χ2n) is 4.56. The van der Waals surface area contributed by atoms with Crippen LogP contribution in [0.5, 0.6) is 0 Å². The van der Waals surface area contributed by atoms with Gasteiger partial charge in [0.05, 0.1) is 0 Å². The monoisotopic (exact) mass is 182 g/mol. The van der Waals surface area contributed by atoms with E-state index in [0.29, 0.717) is 0 Å². The Bertz CT molecular complexity index is 204. The zero-order chi connectivity index (χ0) is 10.2. The summed E-state index contributed by atoms with van der Waals surface area (Å²) in [4.78, 5) is 23.0. The van der Waals surface area contributed by atoms with Crippen molar-refractivity contribution in [3.8, 4) is 0 Å². The Morgan fingerprint density at radius 1 is 0.923 bits per heavy atom. The minimum absolute atomic E-state index is 0.0508. The summed E-state index contributed by atoms with van der Waals surface area (Å²) in [6, 6.07) is 0. The molecule has 0 saturated heterocycles. The predicted octanol–water partition coefficient (Wildman–Crippen LogP) is 2.07. The summed E-state index contributed by atoms with van der Waals surface area (Å²) in [5.41, 5.74) is 0. The molecule has 0 N–H and O–H groups in total. The minimum atomic E-state index is 0.0508. The first kappa shape index (κ1) is 10.4. The van der Waals surface area contributed by atoms with Crippen molar-refractivity contribution in [3.63, 3.8) is 0 Å². The second kappa shape index (κ2) is 3.60. The van der Waals surface area contributed by atoms with Crippen LogP contribution in [0.25, 0.3) is 0 Å². The molecule has 2 atom stereocenters. The number of carbonyl (C=O) groups is 2. The van der Waals surface area contributed by atoms with Crippen molar-refractivity contribution in [2.75, 3.05) is 0 Å². The van der Waals surface area contributed by atoms with Crippen molar-refractivity contribution in [2.45, 2.75) is 34.1 Å². The van der Waals surface area contributed by atoms with Crippen LogP contribution in [0.4, 0.5) is 0 Å². The Morgan fingerprint density at radius 3 is 1.46 bits per heavy atom.